The van der Waals surface area contributed by atoms with Gasteiger partial charge in [0.15, 0.2) is 0 Å². The van der Waals surface area contributed by atoms with E-state index < -0.39 is 5.97 Å². The zero-order valence-electron chi connectivity index (χ0n) is 15.9. The van der Waals surface area contributed by atoms with Gasteiger partial charge in [0, 0.05) is 24.9 Å². The van der Waals surface area contributed by atoms with Crippen molar-refractivity contribution in [3.8, 4) is 0 Å². The first-order chi connectivity index (χ1) is 14.0. The monoisotopic (exact) mass is 395 g/mol. The van der Waals surface area contributed by atoms with Crippen LogP contribution < -0.4 is 5.56 Å². The predicted octanol–water partition coefficient (Wildman–Crippen LogP) is 2.85. The summed E-state index contributed by atoms with van der Waals surface area (Å²) in [5.41, 5.74) is 1.57. The molecule has 1 aliphatic heterocycles. The van der Waals surface area contributed by atoms with Crippen LogP contribution in [0.2, 0.25) is 0 Å². The van der Waals surface area contributed by atoms with Crippen LogP contribution in [0.25, 0.3) is 10.8 Å². The van der Waals surface area contributed by atoms with Gasteiger partial charge >= 0.3 is 5.97 Å². The molecule has 0 bridgehead atoms. The second-order valence-electron chi connectivity index (χ2n) is 7.45. The maximum absolute atomic E-state index is 13.2. The minimum atomic E-state index is -0.842. The van der Waals surface area contributed by atoms with E-state index in [1.165, 1.54) is 12.1 Å². The Morgan fingerprint density at radius 1 is 1.07 bits per heavy atom. The normalized spacial score (nSPS) is 15.6. The van der Waals surface area contributed by atoms with Crippen LogP contribution in [-0.4, -0.2) is 45.4 Å². The van der Waals surface area contributed by atoms with E-state index in [2.05, 4.69) is 0 Å². The first-order valence-electron chi connectivity index (χ1n) is 9.70. The molecule has 0 amide bonds. The highest BCUT2D eigenvalue weighted by molar-refractivity contribution is 5.83. The molecule has 0 atom stereocenters. The Bertz CT molecular complexity index is 1090. The summed E-state index contributed by atoms with van der Waals surface area (Å²) in [5, 5.41) is 15.1. The van der Waals surface area contributed by atoms with Gasteiger partial charge in [0.25, 0.3) is 5.56 Å². The second kappa shape index (κ2) is 8.13. The number of hydrogen-bond acceptors (Lipinski definition) is 4. The topological polar surface area (TPSA) is 75.4 Å². The summed E-state index contributed by atoms with van der Waals surface area (Å²) in [4.78, 5) is 25.9. The number of benzene rings is 2. The second-order valence-corrected chi connectivity index (χ2v) is 7.45. The van der Waals surface area contributed by atoms with Crippen molar-refractivity contribution in [3.63, 3.8) is 0 Å². The molecule has 0 aliphatic carbocycles. The molecular formula is C22H22FN3O3. The van der Waals surface area contributed by atoms with Crippen molar-refractivity contribution in [1.29, 1.82) is 0 Å². The van der Waals surface area contributed by atoms with E-state index in [1.807, 2.05) is 29.2 Å². The first kappa shape index (κ1) is 19.3. The minimum absolute atomic E-state index is 0.0165. The highest BCUT2D eigenvalue weighted by atomic mass is 19.1. The van der Waals surface area contributed by atoms with E-state index in [9.17, 15) is 14.0 Å². The number of hydrogen-bond donors (Lipinski definition) is 1. The van der Waals surface area contributed by atoms with Crippen LogP contribution in [0.4, 0.5) is 4.39 Å². The van der Waals surface area contributed by atoms with Crippen molar-refractivity contribution < 1.29 is 14.3 Å². The van der Waals surface area contributed by atoms with Gasteiger partial charge in [-0.15, -0.1) is 0 Å². The number of piperidine rings is 1. The molecule has 150 valence electrons. The summed E-state index contributed by atoms with van der Waals surface area (Å²) in [5.74, 6) is -1.13. The third-order valence-electron chi connectivity index (χ3n) is 5.45. The van der Waals surface area contributed by atoms with E-state index in [1.54, 1.807) is 16.8 Å². The molecule has 1 aromatic heterocycles. The summed E-state index contributed by atoms with van der Waals surface area (Å²) < 4.78 is 14.8. The van der Waals surface area contributed by atoms with Crippen LogP contribution in [0, 0.1) is 5.82 Å². The Morgan fingerprint density at radius 3 is 2.38 bits per heavy atom. The first-order valence-corrected chi connectivity index (χ1v) is 9.70. The highest BCUT2D eigenvalue weighted by Gasteiger charge is 2.24. The number of carboxylic acid groups (broad SMARTS) is 1. The zero-order valence-corrected chi connectivity index (χ0v) is 15.9. The van der Waals surface area contributed by atoms with E-state index >= 15 is 0 Å². The third-order valence-corrected chi connectivity index (χ3v) is 5.45. The number of halogens is 1. The summed E-state index contributed by atoms with van der Waals surface area (Å²) in [6.45, 7) is 1.25. The summed E-state index contributed by atoms with van der Waals surface area (Å²) in [6.07, 6.45) is 1.85. The molecule has 1 saturated heterocycles. The number of aromatic nitrogens is 2. The molecule has 0 saturated carbocycles. The van der Waals surface area contributed by atoms with Gasteiger partial charge in [-0.05, 0) is 36.6 Å². The van der Waals surface area contributed by atoms with Gasteiger partial charge in [-0.25, -0.2) is 9.07 Å². The molecule has 3 aromatic rings. The lowest BCUT2D eigenvalue weighted by Gasteiger charge is -2.31. The van der Waals surface area contributed by atoms with Gasteiger partial charge in [0.1, 0.15) is 5.82 Å². The minimum Gasteiger partial charge on any atom is -0.480 e. The smallest absolute Gasteiger partial charge is 0.317 e. The van der Waals surface area contributed by atoms with E-state index in [-0.39, 0.29) is 24.0 Å². The van der Waals surface area contributed by atoms with Gasteiger partial charge in [0.05, 0.1) is 23.7 Å². The molecule has 1 aliphatic rings. The van der Waals surface area contributed by atoms with E-state index in [0.29, 0.717) is 37.7 Å². The van der Waals surface area contributed by atoms with Gasteiger partial charge in [-0.1, -0.05) is 30.3 Å². The number of carboxylic acids is 1. The number of likely N-dealkylation sites (tertiary alicyclic amines) is 1. The van der Waals surface area contributed by atoms with Crippen LogP contribution in [-0.2, 0) is 11.2 Å². The lowest BCUT2D eigenvalue weighted by atomic mass is 10.0. The van der Waals surface area contributed by atoms with Gasteiger partial charge in [-0.2, -0.15) is 5.10 Å². The molecule has 2 aromatic carbocycles. The average Bonchev–Trinajstić information content (AvgIpc) is 2.72. The largest absolute Gasteiger partial charge is 0.480 e. The van der Waals surface area contributed by atoms with Crippen LogP contribution in [0.1, 0.15) is 30.1 Å². The number of fused-ring (bicyclic) bond motifs is 1. The summed E-state index contributed by atoms with van der Waals surface area (Å²) in [7, 11) is 0. The standard InChI is InChI=1S/C22H22FN3O3/c23-16-7-5-15(6-8-16)13-20-18-3-1-2-4-19(18)22(29)26(24-20)17-9-11-25(12-10-17)14-21(27)28/h1-8,17H,9-14H2,(H,27,28). The quantitative estimate of drug-likeness (QED) is 0.719. The Labute approximate surface area is 167 Å². The Hall–Kier alpha value is -3.06. The van der Waals surface area contributed by atoms with Gasteiger partial charge in [0.2, 0.25) is 0 Å². The van der Waals surface area contributed by atoms with Crippen molar-refractivity contribution in [2.45, 2.75) is 25.3 Å². The summed E-state index contributed by atoms with van der Waals surface area (Å²) in [6, 6.07) is 13.7. The van der Waals surface area contributed by atoms with E-state index in [0.717, 1.165) is 16.6 Å². The Balaban J connectivity index is 1.68. The lowest BCUT2D eigenvalue weighted by Crippen LogP contribution is -2.40. The fourth-order valence-electron chi connectivity index (χ4n) is 3.96. The predicted molar refractivity (Wildman–Crippen MR) is 108 cm³/mol. The SMILES string of the molecule is O=C(O)CN1CCC(n2nc(Cc3ccc(F)cc3)c3ccccc3c2=O)CC1. The molecule has 7 heteroatoms. The number of carbonyl (C=O) groups is 1. The van der Waals surface area contributed by atoms with Crippen LogP contribution in [0.3, 0.4) is 0 Å². The molecule has 1 N–H and O–H groups in total. The number of aliphatic carboxylic acids is 1. The van der Waals surface area contributed by atoms with Crippen molar-refractivity contribution in [2.75, 3.05) is 19.6 Å². The molecule has 1 fully saturated rings. The maximum atomic E-state index is 13.2. The molecule has 0 radical (unpaired) electrons. The number of rotatable bonds is 5. The fourth-order valence-corrected chi connectivity index (χ4v) is 3.96. The van der Waals surface area contributed by atoms with Crippen molar-refractivity contribution in [1.82, 2.24) is 14.7 Å². The van der Waals surface area contributed by atoms with Crippen LogP contribution in [0.15, 0.2) is 53.3 Å². The lowest BCUT2D eigenvalue weighted by molar-refractivity contribution is -0.138. The highest BCUT2D eigenvalue weighted by Crippen LogP contribution is 2.23. The number of nitrogens with zero attached hydrogens (tertiary/aromatic N) is 3. The maximum Gasteiger partial charge on any atom is 0.317 e. The average molecular weight is 395 g/mol. The molecule has 0 unspecified atom stereocenters. The molecule has 0 spiro atoms. The third kappa shape index (κ3) is 4.19. The van der Waals surface area contributed by atoms with Crippen LogP contribution in [0.5, 0.6) is 0 Å². The van der Waals surface area contributed by atoms with Gasteiger partial charge < -0.3 is 5.11 Å². The Kier molecular flexibility index (Phi) is 5.40. The fraction of sp³-hybridized carbons (Fsp3) is 0.318. The summed E-state index contributed by atoms with van der Waals surface area (Å²) >= 11 is 0. The molecule has 29 heavy (non-hydrogen) atoms. The van der Waals surface area contributed by atoms with Gasteiger partial charge in [-0.3, -0.25) is 14.5 Å². The van der Waals surface area contributed by atoms with E-state index in [4.69, 9.17) is 10.2 Å². The van der Waals surface area contributed by atoms with Crippen molar-refractivity contribution >= 4 is 16.7 Å². The molecule has 4 rings (SSSR count). The molecule has 6 nitrogen and oxygen atoms in total. The van der Waals surface area contributed by atoms with Crippen molar-refractivity contribution in [3.05, 3.63) is 76.0 Å². The molecular weight excluding hydrogens is 373 g/mol. The Morgan fingerprint density at radius 2 is 1.72 bits per heavy atom. The van der Waals surface area contributed by atoms with Crippen LogP contribution >= 0.6 is 0 Å². The molecule has 2 heterocycles. The zero-order chi connectivity index (χ0) is 20.4. The van der Waals surface area contributed by atoms with Crippen molar-refractivity contribution in [2.24, 2.45) is 0 Å².